The van der Waals surface area contributed by atoms with Crippen LogP contribution in [0.5, 0.6) is 0 Å². The third-order valence-electron chi connectivity index (χ3n) is 3.31. The fourth-order valence-corrected chi connectivity index (χ4v) is 2.46. The first kappa shape index (κ1) is 12.8. The number of fused-ring (bicyclic) bond motifs is 1. The Morgan fingerprint density at radius 3 is 3.06 bits per heavy atom. The zero-order chi connectivity index (χ0) is 12.3. The Labute approximate surface area is 101 Å². The predicted molar refractivity (Wildman–Crippen MR) is 59.5 cm³/mol. The van der Waals surface area contributed by atoms with Gasteiger partial charge in [0.2, 0.25) is 0 Å². The van der Waals surface area contributed by atoms with Crippen LogP contribution in [0.25, 0.3) is 0 Å². The summed E-state index contributed by atoms with van der Waals surface area (Å²) in [5.74, 6) is -0.313. The first-order valence-corrected chi connectivity index (χ1v) is 6.31. The van der Waals surface area contributed by atoms with Crippen molar-refractivity contribution in [3.63, 3.8) is 0 Å². The van der Waals surface area contributed by atoms with Gasteiger partial charge in [0.15, 0.2) is 0 Å². The van der Waals surface area contributed by atoms with Crippen LogP contribution in [-0.4, -0.2) is 48.7 Å². The van der Waals surface area contributed by atoms with Gasteiger partial charge in [-0.05, 0) is 19.8 Å². The summed E-state index contributed by atoms with van der Waals surface area (Å²) in [6, 6.07) is 0. The molecule has 0 spiro atoms. The zero-order valence-electron chi connectivity index (χ0n) is 10.1. The zero-order valence-corrected chi connectivity index (χ0v) is 10.1. The summed E-state index contributed by atoms with van der Waals surface area (Å²) >= 11 is 0. The Morgan fingerprint density at radius 2 is 2.29 bits per heavy atom. The van der Waals surface area contributed by atoms with Crippen molar-refractivity contribution in [2.45, 2.75) is 57.0 Å². The van der Waals surface area contributed by atoms with E-state index in [0.29, 0.717) is 13.0 Å². The average Bonchev–Trinajstić information content (AvgIpc) is 2.30. The van der Waals surface area contributed by atoms with Crippen LogP contribution < -0.4 is 0 Å². The molecule has 5 heteroatoms. The van der Waals surface area contributed by atoms with Gasteiger partial charge in [-0.25, -0.2) is 0 Å². The molecule has 0 unspecified atom stereocenters. The van der Waals surface area contributed by atoms with Crippen molar-refractivity contribution in [1.29, 1.82) is 0 Å². The highest BCUT2D eigenvalue weighted by Gasteiger charge is 2.40. The van der Waals surface area contributed by atoms with Gasteiger partial charge in [0.05, 0.1) is 37.4 Å². The minimum absolute atomic E-state index is 0.0165. The highest BCUT2D eigenvalue weighted by molar-refractivity contribution is 5.70. The molecule has 0 saturated carbocycles. The first-order valence-electron chi connectivity index (χ1n) is 6.31. The molecule has 0 radical (unpaired) electrons. The summed E-state index contributed by atoms with van der Waals surface area (Å²) in [7, 11) is 0. The molecule has 2 heterocycles. The monoisotopic (exact) mass is 244 g/mol. The third kappa shape index (κ3) is 3.18. The molecule has 17 heavy (non-hydrogen) atoms. The van der Waals surface area contributed by atoms with E-state index in [9.17, 15) is 9.90 Å². The molecule has 2 fully saturated rings. The maximum absolute atomic E-state index is 11.4. The standard InChI is InChI=1S/C12H20O5/c1-2-15-12(14)7-10-8(13)6-11-9(17-10)4-3-5-16-11/h8-11,13H,2-7H2,1H3/t8-,9+,10-,11-/m1/s1. The van der Waals surface area contributed by atoms with Crippen LogP contribution in [0.3, 0.4) is 0 Å². The summed E-state index contributed by atoms with van der Waals surface area (Å²) in [6.45, 7) is 2.86. The van der Waals surface area contributed by atoms with Gasteiger partial charge < -0.3 is 19.3 Å². The van der Waals surface area contributed by atoms with Crippen LogP contribution in [0.1, 0.15) is 32.6 Å². The lowest BCUT2D eigenvalue weighted by atomic mass is 9.92. The van der Waals surface area contributed by atoms with Crippen molar-refractivity contribution in [3.8, 4) is 0 Å². The highest BCUT2D eigenvalue weighted by atomic mass is 16.6. The molecule has 0 bridgehead atoms. The molecule has 2 rings (SSSR count). The molecule has 2 aliphatic rings. The molecule has 2 saturated heterocycles. The van der Waals surface area contributed by atoms with Gasteiger partial charge >= 0.3 is 5.97 Å². The number of hydrogen-bond donors (Lipinski definition) is 1. The molecular weight excluding hydrogens is 224 g/mol. The SMILES string of the molecule is CCOC(=O)C[C@H]1O[C@H]2CCCO[C@@H]2C[C@H]1O. The second-order valence-electron chi connectivity index (χ2n) is 4.58. The van der Waals surface area contributed by atoms with E-state index in [4.69, 9.17) is 14.2 Å². The second kappa shape index (κ2) is 5.80. The first-order chi connectivity index (χ1) is 8.20. The Morgan fingerprint density at radius 1 is 1.47 bits per heavy atom. The molecule has 0 aromatic rings. The molecule has 0 aromatic carbocycles. The van der Waals surface area contributed by atoms with Gasteiger partial charge in [0.1, 0.15) is 0 Å². The van der Waals surface area contributed by atoms with Gasteiger partial charge in [-0.2, -0.15) is 0 Å². The number of aliphatic hydroxyl groups excluding tert-OH is 1. The van der Waals surface area contributed by atoms with E-state index in [1.807, 2.05) is 0 Å². The number of aliphatic hydroxyl groups is 1. The van der Waals surface area contributed by atoms with E-state index >= 15 is 0 Å². The Kier molecular flexibility index (Phi) is 4.36. The van der Waals surface area contributed by atoms with Crippen LogP contribution in [-0.2, 0) is 19.0 Å². The predicted octanol–water partition coefficient (Wildman–Crippen LogP) is 0.637. The lowest BCUT2D eigenvalue weighted by Gasteiger charge is -2.41. The number of carbonyl (C=O) groups is 1. The normalized spacial score (nSPS) is 37.3. The molecule has 1 N–H and O–H groups in total. The number of rotatable bonds is 3. The van der Waals surface area contributed by atoms with E-state index in [1.54, 1.807) is 6.92 Å². The van der Waals surface area contributed by atoms with Crippen LogP contribution in [0.15, 0.2) is 0 Å². The van der Waals surface area contributed by atoms with E-state index < -0.39 is 12.2 Å². The van der Waals surface area contributed by atoms with E-state index in [1.165, 1.54) is 0 Å². The largest absolute Gasteiger partial charge is 0.466 e. The van der Waals surface area contributed by atoms with Crippen molar-refractivity contribution in [1.82, 2.24) is 0 Å². The lowest BCUT2D eigenvalue weighted by Crippen LogP contribution is -2.50. The maximum Gasteiger partial charge on any atom is 0.308 e. The van der Waals surface area contributed by atoms with Crippen LogP contribution in [0.4, 0.5) is 0 Å². The fourth-order valence-electron chi connectivity index (χ4n) is 2.46. The molecule has 0 aliphatic carbocycles. The van der Waals surface area contributed by atoms with Gasteiger partial charge in [0, 0.05) is 13.0 Å². The van der Waals surface area contributed by atoms with Gasteiger partial charge in [-0.15, -0.1) is 0 Å². The van der Waals surface area contributed by atoms with Crippen molar-refractivity contribution < 1.29 is 24.1 Å². The van der Waals surface area contributed by atoms with Gasteiger partial charge in [0.25, 0.3) is 0 Å². The molecule has 0 amide bonds. The number of hydrogen-bond acceptors (Lipinski definition) is 5. The molecule has 2 aliphatic heterocycles. The van der Waals surface area contributed by atoms with E-state index in [0.717, 1.165) is 19.4 Å². The molecule has 5 nitrogen and oxygen atoms in total. The van der Waals surface area contributed by atoms with Crippen molar-refractivity contribution >= 4 is 5.97 Å². The van der Waals surface area contributed by atoms with Crippen LogP contribution in [0.2, 0.25) is 0 Å². The topological polar surface area (TPSA) is 65.0 Å². The minimum Gasteiger partial charge on any atom is -0.466 e. The van der Waals surface area contributed by atoms with Crippen molar-refractivity contribution in [3.05, 3.63) is 0 Å². The molecule has 98 valence electrons. The Bertz CT molecular complexity index is 268. The summed E-state index contributed by atoms with van der Waals surface area (Å²) < 4.78 is 16.2. The van der Waals surface area contributed by atoms with E-state index in [-0.39, 0.29) is 24.6 Å². The smallest absolute Gasteiger partial charge is 0.308 e. The third-order valence-corrected chi connectivity index (χ3v) is 3.31. The summed E-state index contributed by atoms with van der Waals surface area (Å²) in [5.41, 5.74) is 0. The van der Waals surface area contributed by atoms with Gasteiger partial charge in [-0.1, -0.05) is 0 Å². The number of carbonyl (C=O) groups excluding carboxylic acids is 1. The number of ether oxygens (including phenoxy) is 3. The Balaban J connectivity index is 1.88. The average molecular weight is 244 g/mol. The van der Waals surface area contributed by atoms with E-state index in [2.05, 4.69) is 0 Å². The maximum atomic E-state index is 11.4. The van der Waals surface area contributed by atoms with Gasteiger partial charge in [-0.3, -0.25) is 4.79 Å². The fraction of sp³-hybridized carbons (Fsp3) is 0.917. The van der Waals surface area contributed by atoms with Crippen molar-refractivity contribution in [2.24, 2.45) is 0 Å². The lowest BCUT2D eigenvalue weighted by molar-refractivity contribution is -0.206. The summed E-state index contributed by atoms with van der Waals surface area (Å²) in [4.78, 5) is 11.4. The van der Waals surface area contributed by atoms with Crippen LogP contribution >= 0.6 is 0 Å². The molecule has 0 aromatic heterocycles. The quantitative estimate of drug-likeness (QED) is 0.738. The van der Waals surface area contributed by atoms with Crippen LogP contribution in [0, 0.1) is 0 Å². The molecular formula is C12H20O5. The minimum atomic E-state index is -0.640. The second-order valence-corrected chi connectivity index (χ2v) is 4.58. The Hall–Kier alpha value is -0.650. The summed E-state index contributed by atoms with van der Waals surface area (Å²) in [5, 5.41) is 9.91. The van der Waals surface area contributed by atoms with Crippen molar-refractivity contribution in [2.75, 3.05) is 13.2 Å². The molecule has 4 atom stereocenters. The number of esters is 1. The summed E-state index contributed by atoms with van der Waals surface area (Å²) in [6.07, 6.45) is 1.51. The highest BCUT2D eigenvalue weighted by Crippen LogP contribution is 2.30.